The summed E-state index contributed by atoms with van der Waals surface area (Å²) in [4.78, 5) is 4.43. The van der Waals surface area contributed by atoms with E-state index in [1.807, 2.05) is 48.3 Å². The number of para-hydroxylation sites is 1. The van der Waals surface area contributed by atoms with Crippen molar-refractivity contribution < 1.29 is 0 Å². The third-order valence-corrected chi connectivity index (χ3v) is 3.41. The number of imidazole rings is 1. The SMILES string of the molecule is Cc1ncc(CNCCn2cccn2)n1-c1ccccc1. The fraction of sp³-hybridized carbons (Fsp3) is 0.250. The standard InChI is InChI=1S/C16H19N5/c1-14-18-13-16(21(14)15-6-3-2-4-7-15)12-17-9-11-20-10-5-8-19-20/h2-8,10,13,17H,9,11-12H2,1H3. The molecule has 0 aliphatic carbocycles. The van der Waals surface area contributed by atoms with E-state index in [1.165, 1.54) is 5.69 Å². The van der Waals surface area contributed by atoms with Gasteiger partial charge in [-0.1, -0.05) is 18.2 Å². The number of rotatable bonds is 6. The van der Waals surface area contributed by atoms with Gasteiger partial charge in [0.15, 0.2) is 0 Å². The van der Waals surface area contributed by atoms with Crippen molar-refractivity contribution in [2.45, 2.75) is 20.0 Å². The van der Waals surface area contributed by atoms with Crippen molar-refractivity contribution in [3.8, 4) is 5.69 Å². The van der Waals surface area contributed by atoms with E-state index in [9.17, 15) is 0 Å². The Hall–Kier alpha value is -2.40. The summed E-state index contributed by atoms with van der Waals surface area (Å²) in [5, 5.41) is 7.63. The molecule has 2 heterocycles. The first-order valence-corrected chi connectivity index (χ1v) is 7.11. The van der Waals surface area contributed by atoms with Gasteiger partial charge >= 0.3 is 0 Å². The predicted molar refractivity (Wildman–Crippen MR) is 82.2 cm³/mol. The number of aryl methyl sites for hydroxylation is 1. The van der Waals surface area contributed by atoms with Gasteiger partial charge in [-0.3, -0.25) is 9.25 Å². The van der Waals surface area contributed by atoms with Gasteiger partial charge in [-0.25, -0.2) is 4.98 Å². The summed E-state index contributed by atoms with van der Waals surface area (Å²) >= 11 is 0. The minimum Gasteiger partial charge on any atom is -0.309 e. The number of hydrogen-bond donors (Lipinski definition) is 1. The molecule has 0 saturated carbocycles. The number of nitrogens with zero attached hydrogens (tertiary/aromatic N) is 4. The molecule has 21 heavy (non-hydrogen) atoms. The molecule has 5 nitrogen and oxygen atoms in total. The highest BCUT2D eigenvalue weighted by molar-refractivity contribution is 5.35. The lowest BCUT2D eigenvalue weighted by molar-refractivity contribution is 0.549. The number of nitrogens with one attached hydrogen (secondary N) is 1. The second-order valence-corrected chi connectivity index (χ2v) is 4.91. The van der Waals surface area contributed by atoms with Crippen LogP contribution >= 0.6 is 0 Å². The highest BCUT2D eigenvalue weighted by atomic mass is 15.3. The van der Waals surface area contributed by atoms with Crippen LogP contribution in [-0.2, 0) is 13.1 Å². The zero-order valence-corrected chi connectivity index (χ0v) is 12.1. The molecule has 1 aromatic carbocycles. The van der Waals surface area contributed by atoms with Crippen molar-refractivity contribution in [2.24, 2.45) is 0 Å². The van der Waals surface area contributed by atoms with Gasteiger partial charge in [0, 0.05) is 31.2 Å². The molecule has 0 spiro atoms. The van der Waals surface area contributed by atoms with Crippen LogP contribution in [0.25, 0.3) is 5.69 Å². The first kappa shape index (κ1) is 13.6. The van der Waals surface area contributed by atoms with E-state index in [0.29, 0.717) is 0 Å². The molecule has 5 heteroatoms. The molecule has 1 N–H and O–H groups in total. The Labute approximate surface area is 124 Å². The van der Waals surface area contributed by atoms with E-state index in [4.69, 9.17) is 0 Å². The number of hydrogen-bond acceptors (Lipinski definition) is 3. The van der Waals surface area contributed by atoms with Crippen molar-refractivity contribution in [2.75, 3.05) is 6.54 Å². The van der Waals surface area contributed by atoms with Gasteiger partial charge < -0.3 is 5.32 Å². The predicted octanol–water partition coefficient (Wildman–Crippen LogP) is 2.17. The Kier molecular flexibility index (Phi) is 4.12. The van der Waals surface area contributed by atoms with E-state index >= 15 is 0 Å². The van der Waals surface area contributed by atoms with Crippen molar-refractivity contribution in [3.63, 3.8) is 0 Å². The molecule has 0 fully saturated rings. The number of aromatic nitrogens is 4. The van der Waals surface area contributed by atoms with E-state index < -0.39 is 0 Å². The van der Waals surface area contributed by atoms with Crippen LogP contribution < -0.4 is 5.32 Å². The summed E-state index contributed by atoms with van der Waals surface area (Å²) in [6, 6.07) is 12.3. The van der Waals surface area contributed by atoms with Crippen molar-refractivity contribution in [1.82, 2.24) is 24.6 Å². The van der Waals surface area contributed by atoms with Crippen molar-refractivity contribution in [3.05, 3.63) is 66.5 Å². The first-order chi connectivity index (χ1) is 10.3. The highest BCUT2D eigenvalue weighted by Crippen LogP contribution is 2.14. The Morgan fingerprint density at radius 2 is 2.00 bits per heavy atom. The molecule has 0 aliphatic heterocycles. The maximum atomic E-state index is 4.43. The van der Waals surface area contributed by atoms with Gasteiger partial charge in [-0.15, -0.1) is 0 Å². The topological polar surface area (TPSA) is 47.7 Å². The highest BCUT2D eigenvalue weighted by Gasteiger charge is 2.07. The zero-order chi connectivity index (χ0) is 14.5. The Morgan fingerprint density at radius 1 is 1.14 bits per heavy atom. The maximum Gasteiger partial charge on any atom is 0.110 e. The van der Waals surface area contributed by atoms with Crippen LogP contribution in [0, 0.1) is 6.92 Å². The quantitative estimate of drug-likeness (QED) is 0.704. The lowest BCUT2D eigenvalue weighted by Gasteiger charge is -2.11. The molecule has 2 aromatic heterocycles. The van der Waals surface area contributed by atoms with Crippen LogP contribution in [-0.4, -0.2) is 25.9 Å². The summed E-state index contributed by atoms with van der Waals surface area (Å²) < 4.78 is 4.10. The Balaban J connectivity index is 1.64. The molecule has 3 rings (SSSR count). The van der Waals surface area contributed by atoms with Crippen LogP contribution in [0.3, 0.4) is 0 Å². The molecule has 0 unspecified atom stereocenters. The molecule has 0 radical (unpaired) electrons. The van der Waals surface area contributed by atoms with E-state index in [-0.39, 0.29) is 0 Å². The van der Waals surface area contributed by atoms with Crippen LogP contribution in [0.5, 0.6) is 0 Å². The Morgan fingerprint density at radius 3 is 2.76 bits per heavy atom. The fourth-order valence-electron chi connectivity index (χ4n) is 2.39. The average molecular weight is 281 g/mol. The van der Waals surface area contributed by atoms with Gasteiger partial charge in [0.2, 0.25) is 0 Å². The van der Waals surface area contributed by atoms with Gasteiger partial charge in [-0.05, 0) is 25.1 Å². The van der Waals surface area contributed by atoms with E-state index in [1.54, 1.807) is 6.20 Å². The average Bonchev–Trinajstić information content (AvgIpc) is 3.14. The van der Waals surface area contributed by atoms with Gasteiger partial charge in [0.05, 0.1) is 18.4 Å². The lowest BCUT2D eigenvalue weighted by atomic mass is 10.3. The molecule has 0 saturated heterocycles. The molecule has 3 aromatic rings. The van der Waals surface area contributed by atoms with Gasteiger partial charge in [-0.2, -0.15) is 5.10 Å². The van der Waals surface area contributed by atoms with Crippen LogP contribution in [0.2, 0.25) is 0 Å². The van der Waals surface area contributed by atoms with Crippen LogP contribution in [0.15, 0.2) is 55.0 Å². The molecule has 108 valence electrons. The normalized spacial score (nSPS) is 10.9. The maximum absolute atomic E-state index is 4.43. The first-order valence-electron chi connectivity index (χ1n) is 7.11. The molecule has 0 aliphatic rings. The Bertz CT molecular complexity index is 670. The summed E-state index contributed by atoms with van der Waals surface area (Å²) in [6.07, 6.45) is 5.71. The largest absolute Gasteiger partial charge is 0.309 e. The second kappa shape index (κ2) is 6.37. The van der Waals surface area contributed by atoms with Crippen LogP contribution in [0.1, 0.15) is 11.5 Å². The van der Waals surface area contributed by atoms with E-state index in [0.717, 1.165) is 31.1 Å². The molecule has 0 amide bonds. The molecular formula is C16H19N5. The molecule has 0 bridgehead atoms. The molecule has 0 atom stereocenters. The molecular weight excluding hydrogens is 262 g/mol. The number of benzene rings is 1. The second-order valence-electron chi connectivity index (χ2n) is 4.91. The van der Waals surface area contributed by atoms with Crippen LogP contribution in [0.4, 0.5) is 0 Å². The minimum absolute atomic E-state index is 0.789. The summed E-state index contributed by atoms with van der Waals surface area (Å²) in [5.41, 5.74) is 2.32. The zero-order valence-electron chi connectivity index (χ0n) is 12.1. The van der Waals surface area contributed by atoms with Gasteiger partial charge in [0.1, 0.15) is 5.82 Å². The summed E-state index contributed by atoms with van der Waals surface area (Å²) in [7, 11) is 0. The lowest BCUT2D eigenvalue weighted by Crippen LogP contribution is -2.21. The van der Waals surface area contributed by atoms with E-state index in [2.05, 4.69) is 32.1 Å². The minimum atomic E-state index is 0.789. The van der Waals surface area contributed by atoms with Gasteiger partial charge in [0.25, 0.3) is 0 Å². The van der Waals surface area contributed by atoms with Crippen molar-refractivity contribution >= 4 is 0 Å². The third-order valence-electron chi connectivity index (χ3n) is 3.41. The summed E-state index contributed by atoms with van der Waals surface area (Å²) in [5.74, 6) is 1.00. The fourth-order valence-corrected chi connectivity index (χ4v) is 2.39. The van der Waals surface area contributed by atoms with Crippen molar-refractivity contribution in [1.29, 1.82) is 0 Å². The monoisotopic (exact) mass is 281 g/mol. The smallest absolute Gasteiger partial charge is 0.110 e. The summed E-state index contributed by atoms with van der Waals surface area (Å²) in [6.45, 7) is 4.56. The third kappa shape index (κ3) is 3.20.